The molecule has 0 saturated heterocycles. The number of nitrogens with zero attached hydrogens (tertiary/aromatic N) is 1. The summed E-state index contributed by atoms with van der Waals surface area (Å²) in [5, 5.41) is 3.18. The summed E-state index contributed by atoms with van der Waals surface area (Å²) in [5.41, 5.74) is 8.40. The van der Waals surface area contributed by atoms with Crippen LogP contribution in [0.15, 0.2) is 48.8 Å². The average molecular weight is 255 g/mol. The van der Waals surface area contributed by atoms with Crippen LogP contribution in [0.2, 0.25) is 0 Å². The van der Waals surface area contributed by atoms with Crippen LogP contribution in [0.4, 0.5) is 0 Å². The molecule has 1 heterocycles. The SMILES string of the molecule is Cc1ccncc1C(NCc1ccccc1)C(N)=O. The van der Waals surface area contributed by atoms with Crippen LogP contribution in [0.25, 0.3) is 0 Å². The molecule has 1 aromatic carbocycles. The predicted molar refractivity (Wildman–Crippen MR) is 74.2 cm³/mol. The van der Waals surface area contributed by atoms with E-state index in [1.54, 1.807) is 12.4 Å². The van der Waals surface area contributed by atoms with Gasteiger partial charge in [-0.1, -0.05) is 30.3 Å². The first-order chi connectivity index (χ1) is 9.18. The monoisotopic (exact) mass is 255 g/mol. The topological polar surface area (TPSA) is 68.0 Å². The summed E-state index contributed by atoms with van der Waals surface area (Å²) >= 11 is 0. The highest BCUT2D eigenvalue weighted by Crippen LogP contribution is 2.16. The lowest BCUT2D eigenvalue weighted by atomic mass is 10.0. The number of amides is 1. The van der Waals surface area contributed by atoms with Crippen molar-refractivity contribution in [1.82, 2.24) is 10.3 Å². The molecule has 4 nitrogen and oxygen atoms in total. The summed E-state index contributed by atoms with van der Waals surface area (Å²) in [6.07, 6.45) is 3.39. The molecular formula is C15H17N3O. The highest BCUT2D eigenvalue weighted by Gasteiger charge is 2.19. The first kappa shape index (κ1) is 13.2. The van der Waals surface area contributed by atoms with Crippen molar-refractivity contribution in [2.45, 2.75) is 19.5 Å². The van der Waals surface area contributed by atoms with Crippen LogP contribution in [0.1, 0.15) is 22.7 Å². The molecule has 0 radical (unpaired) electrons. The van der Waals surface area contributed by atoms with Crippen molar-refractivity contribution in [3.8, 4) is 0 Å². The molecular weight excluding hydrogens is 238 g/mol. The quantitative estimate of drug-likeness (QED) is 0.854. The van der Waals surface area contributed by atoms with Crippen molar-refractivity contribution in [1.29, 1.82) is 0 Å². The largest absolute Gasteiger partial charge is 0.368 e. The number of hydrogen-bond acceptors (Lipinski definition) is 3. The molecule has 3 N–H and O–H groups in total. The molecule has 1 atom stereocenters. The summed E-state index contributed by atoms with van der Waals surface area (Å²) in [5.74, 6) is -0.396. The number of nitrogens with one attached hydrogen (secondary N) is 1. The van der Waals surface area contributed by atoms with E-state index in [4.69, 9.17) is 5.73 Å². The predicted octanol–water partition coefficient (Wildman–Crippen LogP) is 1.71. The van der Waals surface area contributed by atoms with Crippen molar-refractivity contribution in [2.75, 3.05) is 0 Å². The first-order valence-electron chi connectivity index (χ1n) is 6.15. The van der Waals surface area contributed by atoms with E-state index in [1.165, 1.54) is 0 Å². The summed E-state index contributed by atoms with van der Waals surface area (Å²) in [6.45, 7) is 2.53. The molecule has 0 fully saturated rings. The highest BCUT2D eigenvalue weighted by atomic mass is 16.1. The van der Waals surface area contributed by atoms with E-state index in [-0.39, 0.29) is 0 Å². The molecule has 0 spiro atoms. The molecule has 0 bridgehead atoms. The number of carbonyl (C=O) groups excluding carboxylic acids is 1. The van der Waals surface area contributed by atoms with Crippen LogP contribution in [-0.2, 0) is 11.3 Å². The number of aromatic nitrogens is 1. The summed E-state index contributed by atoms with van der Waals surface area (Å²) in [7, 11) is 0. The summed E-state index contributed by atoms with van der Waals surface area (Å²) in [6, 6.07) is 11.2. The van der Waals surface area contributed by atoms with Crippen LogP contribution in [0.3, 0.4) is 0 Å². The van der Waals surface area contributed by atoms with Crippen molar-refractivity contribution < 1.29 is 4.79 Å². The van der Waals surface area contributed by atoms with Gasteiger partial charge >= 0.3 is 0 Å². The number of hydrogen-bond donors (Lipinski definition) is 2. The molecule has 0 aliphatic rings. The van der Waals surface area contributed by atoms with E-state index in [2.05, 4.69) is 10.3 Å². The average Bonchev–Trinajstić information content (AvgIpc) is 2.42. The molecule has 2 aromatic rings. The minimum absolute atomic E-state index is 0.396. The molecule has 0 saturated carbocycles. The maximum Gasteiger partial charge on any atom is 0.239 e. The minimum Gasteiger partial charge on any atom is -0.368 e. The van der Waals surface area contributed by atoms with Crippen LogP contribution in [0.5, 0.6) is 0 Å². The van der Waals surface area contributed by atoms with Crippen molar-refractivity contribution in [2.24, 2.45) is 5.73 Å². The van der Waals surface area contributed by atoms with Gasteiger partial charge in [-0.05, 0) is 29.7 Å². The Bertz CT molecular complexity index is 554. The van der Waals surface area contributed by atoms with Crippen molar-refractivity contribution in [3.05, 3.63) is 65.5 Å². The fourth-order valence-electron chi connectivity index (χ4n) is 1.96. The normalized spacial score (nSPS) is 12.1. The number of aryl methyl sites for hydroxylation is 1. The molecule has 4 heteroatoms. The van der Waals surface area contributed by atoms with Gasteiger partial charge in [0, 0.05) is 18.9 Å². The standard InChI is InChI=1S/C15H17N3O/c1-11-7-8-17-10-13(11)14(15(16)19)18-9-12-5-3-2-4-6-12/h2-8,10,14,18H,9H2,1H3,(H2,16,19). The van der Waals surface area contributed by atoms with Crippen LogP contribution in [0, 0.1) is 6.92 Å². The molecule has 98 valence electrons. The summed E-state index contributed by atoms with van der Waals surface area (Å²) in [4.78, 5) is 15.7. The molecule has 0 aliphatic heterocycles. The Morgan fingerprint density at radius 1 is 1.32 bits per heavy atom. The van der Waals surface area contributed by atoms with E-state index >= 15 is 0 Å². The second-order valence-electron chi connectivity index (χ2n) is 4.43. The molecule has 19 heavy (non-hydrogen) atoms. The maximum absolute atomic E-state index is 11.6. The Morgan fingerprint density at radius 2 is 2.05 bits per heavy atom. The van der Waals surface area contributed by atoms with Gasteiger partial charge in [0.25, 0.3) is 0 Å². The van der Waals surface area contributed by atoms with Gasteiger partial charge in [0.15, 0.2) is 0 Å². The number of carbonyl (C=O) groups is 1. The van der Waals surface area contributed by atoms with Crippen LogP contribution < -0.4 is 11.1 Å². The highest BCUT2D eigenvalue weighted by molar-refractivity contribution is 5.81. The second kappa shape index (κ2) is 6.11. The van der Waals surface area contributed by atoms with E-state index in [0.29, 0.717) is 6.54 Å². The Labute approximate surface area is 112 Å². The zero-order valence-electron chi connectivity index (χ0n) is 10.8. The number of primary amides is 1. The molecule has 1 unspecified atom stereocenters. The summed E-state index contributed by atoms with van der Waals surface area (Å²) < 4.78 is 0. The first-order valence-corrected chi connectivity index (χ1v) is 6.15. The van der Waals surface area contributed by atoms with E-state index in [1.807, 2.05) is 43.3 Å². The number of benzene rings is 1. The van der Waals surface area contributed by atoms with E-state index < -0.39 is 11.9 Å². The Balaban J connectivity index is 2.14. The van der Waals surface area contributed by atoms with Gasteiger partial charge in [0.05, 0.1) is 0 Å². The minimum atomic E-state index is -0.520. The van der Waals surface area contributed by atoms with Gasteiger partial charge < -0.3 is 5.73 Å². The van der Waals surface area contributed by atoms with Gasteiger partial charge in [-0.25, -0.2) is 0 Å². The third-order valence-corrected chi connectivity index (χ3v) is 3.03. The Hall–Kier alpha value is -2.20. The zero-order chi connectivity index (χ0) is 13.7. The lowest BCUT2D eigenvalue weighted by molar-refractivity contribution is -0.120. The second-order valence-corrected chi connectivity index (χ2v) is 4.43. The van der Waals surface area contributed by atoms with Crippen LogP contribution in [-0.4, -0.2) is 10.9 Å². The van der Waals surface area contributed by atoms with Crippen molar-refractivity contribution in [3.63, 3.8) is 0 Å². The molecule has 2 rings (SSSR count). The maximum atomic E-state index is 11.6. The Morgan fingerprint density at radius 3 is 2.68 bits per heavy atom. The lowest BCUT2D eigenvalue weighted by Crippen LogP contribution is -2.33. The fourth-order valence-corrected chi connectivity index (χ4v) is 1.96. The Kier molecular flexibility index (Phi) is 4.26. The van der Waals surface area contributed by atoms with Crippen LogP contribution >= 0.6 is 0 Å². The zero-order valence-corrected chi connectivity index (χ0v) is 10.8. The molecule has 1 amide bonds. The smallest absolute Gasteiger partial charge is 0.239 e. The van der Waals surface area contributed by atoms with Gasteiger partial charge in [-0.2, -0.15) is 0 Å². The third kappa shape index (κ3) is 3.39. The van der Waals surface area contributed by atoms with E-state index in [0.717, 1.165) is 16.7 Å². The lowest BCUT2D eigenvalue weighted by Gasteiger charge is -2.17. The van der Waals surface area contributed by atoms with Crippen molar-refractivity contribution >= 4 is 5.91 Å². The van der Waals surface area contributed by atoms with Gasteiger partial charge in [-0.3, -0.25) is 15.1 Å². The van der Waals surface area contributed by atoms with E-state index in [9.17, 15) is 4.79 Å². The third-order valence-electron chi connectivity index (χ3n) is 3.03. The van der Waals surface area contributed by atoms with Gasteiger partial charge in [-0.15, -0.1) is 0 Å². The molecule has 0 aliphatic carbocycles. The van der Waals surface area contributed by atoms with Gasteiger partial charge in [0.1, 0.15) is 6.04 Å². The number of rotatable bonds is 5. The number of nitrogens with two attached hydrogens (primary N) is 1. The molecule has 1 aromatic heterocycles. The van der Waals surface area contributed by atoms with Gasteiger partial charge in [0.2, 0.25) is 5.91 Å². The number of pyridine rings is 1. The fraction of sp³-hybridized carbons (Fsp3) is 0.200.